The number of hydrogen-bond donors (Lipinski definition) is 2. The first-order chi connectivity index (χ1) is 11.7. The Morgan fingerprint density at radius 1 is 1.16 bits per heavy atom. The van der Waals surface area contributed by atoms with Crippen LogP contribution < -0.4 is 5.73 Å². The number of para-hydroxylation sites is 1. The van der Waals surface area contributed by atoms with Gasteiger partial charge in [0, 0.05) is 11.6 Å². The number of aromatic hydroxyl groups is 1. The van der Waals surface area contributed by atoms with Crippen LogP contribution in [0.15, 0.2) is 53.5 Å². The van der Waals surface area contributed by atoms with Gasteiger partial charge < -0.3 is 10.8 Å². The highest BCUT2D eigenvalue weighted by atomic mass is 32.2. The minimum Gasteiger partial charge on any atom is -0.508 e. The fourth-order valence-corrected chi connectivity index (χ4v) is 3.64. The molecule has 0 spiro atoms. The van der Waals surface area contributed by atoms with Crippen LogP contribution in [0.3, 0.4) is 0 Å². The Kier molecular flexibility index (Phi) is 5.73. The van der Waals surface area contributed by atoms with Crippen molar-refractivity contribution in [2.24, 2.45) is 10.7 Å². The van der Waals surface area contributed by atoms with Gasteiger partial charge in [0.25, 0.3) is 0 Å². The number of rotatable bonds is 1. The van der Waals surface area contributed by atoms with Gasteiger partial charge in [-0.1, -0.05) is 24.3 Å². The molecule has 0 saturated carbocycles. The summed E-state index contributed by atoms with van der Waals surface area (Å²) in [6.07, 6.45) is 0. The summed E-state index contributed by atoms with van der Waals surface area (Å²) < 4.78 is 49.9. The summed E-state index contributed by atoms with van der Waals surface area (Å²) in [7, 11) is -3.45. The lowest BCUT2D eigenvalue weighted by Crippen LogP contribution is -2.40. The molecule has 2 aromatic carbocycles. The quantitative estimate of drug-likeness (QED) is 0.809. The van der Waals surface area contributed by atoms with E-state index in [9.17, 15) is 17.2 Å². The number of hydrogen-bond acceptors (Lipinski definition) is 5. The first-order valence-electron chi connectivity index (χ1n) is 7.44. The molecule has 0 amide bonds. The SMILES string of the molecule is CC1C(N)=NC(c2ccc(F)cc2F)CS1(=O)=O.Oc1ccccc1. The summed E-state index contributed by atoms with van der Waals surface area (Å²) in [6.45, 7) is 1.44. The van der Waals surface area contributed by atoms with Gasteiger partial charge in [0.2, 0.25) is 0 Å². The molecular formula is C17H18F2N2O3S. The van der Waals surface area contributed by atoms with Gasteiger partial charge in [-0.15, -0.1) is 0 Å². The molecule has 3 N–H and O–H groups in total. The van der Waals surface area contributed by atoms with Gasteiger partial charge in [0.05, 0.1) is 11.8 Å². The van der Waals surface area contributed by atoms with E-state index in [1.54, 1.807) is 24.3 Å². The van der Waals surface area contributed by atoms with Gasteiger partial charge in [0.1, 0.15) is 28.5 Å². The van der Waals surface area contributed by atoms with E-state index in [0.717, 1.165) is 6.07 Å². The van der Waals surface area contributed by atoms with Crippen molar-refractivity contribution in [3.05, 3.63) is 65.7 Å². The molecule has 0 aromatic heterocycles. The van der Waals surface area contributed by atoms with Crippen molar-refractivity contribution < 1.29 is 22.3 Å². The Hall–Kier alpha value is -2.48. The predicted octanol–water partition coefficient (Wildman–Crippen LogP) is 2.57. The zero-order chi connectivity index (χ0) is 18.6. The van der Waals surface area contributed by atoms with E-state index in [-0.39, 0.29) is 17.2 Å². The summed E-state index contributed by atoms with van der Waals surface area (Å²) in [6, 6.07) is 10.8. The second-order valence-corrected chi connectivity index (χ2v) is 7.91. The van der Waals surface area contributed by atoms with Crippen molar-refractivity contribution in [3.8, 4) is 5.75 Å². The summed E-state index contributed by atoms with van der Waals surface area (Å²) in [5.74, 6) is -1.59. The predicted molar refractivity (Wildman–Crippen MR) is 92.1 cm³/mol. The van der Waals surface area contributed by atoms with Crippen molar-refractivity contribution in [2.75, 3.05) is 5.75 Å². The molecule has 2 atom stereocenters. The number of nitrogens with zero attached hydrogens (tertiary/aromatic N) is 1. The third-order valence-corrected chi connectivity index (χ3v) is 5.83. The average Bonchev–Trinajstić information content (AvgIpc) is 2.53. The van der Waals surface area contributed by atoms with Crippen molar-refractivity contribution in [2.45, 2.75) is 18.2 Å². The van der Waals surface area contributed by atoms with Gasteiger partial charge in [-0.3, -0.25) is 4.99 Å². The number of benzene rings is 2. The fourth-order valence-electron chi connectivity index (χ4n) is 2.23. The van der Waals surface area contributed by atoms with E-state index in [1.807, 2.05) is 6.07 Å². The Morgan fingerprint density at radius 2 is 1.80 bits per heavy atom. The van der Waals surface area contributed by atoms with Crippen LogP contribution in [0.4, 0.5) is 8.78 Å². The smallest absolute Gasteiger partial charge is 0.162 e. The van der Waals surface area contributed by atoms with Crippen molar-refractivity contribution in [3.63, 3.8) is 0 Å². The molecule has 0 fully saturated rings. The molecule has 2 aromatic rings. The topological polar surface area (TPSA) is 92.8 Å². The molecule has 0 bridgehead atoms. The van der Waals surface area contributed by atoms with E-state index in [2.05, 4.69) is 4.99 Å². The highest BCUT2D eigenvalue weighted by Gasteiger charge is 2.34. The van der Waals surface area contributed by atoms with Crippen LogP contribution >= 0.6 is 0 Å². The molecule has 1 aliphatic rings. The molecule has 1 aliphatic heterocycles. The van der Waals surface area contributed by atoms with Crippen molar-refractivity contribution >= 4 is 15.7 Å². The van der Waals surface area contributed by atoms with Crippen LogP contribution in [0.5, 0.6) is 5.75 Å². The van der Waals surface area contributed by atoms with Crippen LogP contribution in [-0.4, -0.2) is 30.4 Å². The maximum absolute atomic E-state index is 13.6. The number of amidine groups is 1. The molecule has 8 heteroatoms. The van der Waals surface area contributed by atoms with Crippen LogP contribution in [0.1, 0.15) is 18.5 Å². The van der Waals surface area contributed by atoms with Crippen LogP contribution in [0.25, 0.3) is 0 Å². The lowest BCUT2D eigenvalue weighted by molar-refractivity contribution is 0.475. The maximum Gasteiger partial charge on any atom is 0.162 e. The molecule has 0 aliphatic carbocycles. The highest BCUT2D eigenvalue weighted by molar-refractivity contribution is 7.92. The van der Waals surface area contributed by atoms with E-state index in [1.165, 1.54) is 13.0 Å². The highest BCUT2D eigenvalue weighted by Crippen LogP contribution is 2.28. The van der Waals surface area contributed by atoms with Gasteiger partial charge in [-0.05, 0) is 25.1 Å². The Balaban J connectivity index is 0.000000269. The van der Waals surface area contributed by atoms with Crippen LogP contribution in [0, 0.1) is 11.6 Å². The number of nitrogens with two attached hydrogens (primary N) is 1. The summed E-state index contributed by atoms with van der Waals surface area (Å²) in [4.78, 5) is 3.97. The normalized spacial score (nSPS) is 21.6. The third kappa shape index (κ3) is 4.76. The molecular weight excluding hydrogens is 350 g/mol. The van der Waals surface area contributed by atoms with Gasteiger partial charge in [-0.2, -0.15) is 0 Å². The van der Waals surface area contributed by atoms with Crippen LogP contribution in [-0.2, 0) is 9.84 Å². The van der Waals surface area contributed by atoms with Crippen LogP contribution in [0.2, 0.25) is 0 Å². The van der Waals surface area contributed by atoms with E-state index < -0.39 is 32.8 Å². The second kappa shape index (κ2) is 7.60. The van der Waals surface area contributed by atoms with Gasteiger partial charge >= 0.3 is 0 Å². The molecule has 134 valence electrons. The molecule has 0 radical (unpaired) electrons. The monoisotopic (exact) mass is 368 g/mol. The standard InChI is InChI=1S/C11H12F2N2O2S.C6H6O/c1-6-11(14)15-10(5-18(6,16)17)8-3-2-7(12)4-9(8)13;7-6-4-2-1-3-5-6/h2-4,6,10H,5H2,1H3,(H2,14,15);1-5,7H. The van der Waals surface area contributed by atoms with Crippen molar-refractivity contribution in [1.29, 1.82) is 0 Å². The second-order valence-electron chi connectivity index (χ2n) is 5.54. The lowest BCUT2D eigenvalue weighted by Gasteiger charge is -2.24. The van der Waals surface area contributed by atoms with Gasteiger partial charge in [0.15, 0.2) is 9.84 Å². The number of aliphatic imine (C=N–C) groups is 1. The average molecular weight is 368 g/mol. The maximum atomic E-state index is 13.6. The van der Waals surface area contributed by atoms with Gasteiger partial charge in [-0.25, -0.2) is 17.2 Å². The number of halogens is 2. The Morgan fingerprint density at radius 3 is 2.28 bits per heavy atom. The minimum atomic E-state index is -3.45. The van der Waals surface area contributed by atoms with Crippen molar-refractivity contribution in [1.82, 2.24) is 0 Å². The van der Waals surface area contributed by atoms with E-state index in [0.29, 0.717) is 11.8 Å². The Labute approximate surface area is 144 Å². The summed E-state index contributed by atoms with van der Waals surface area (Å²) in [5.41, 5.74) is 5.57. The van der Waals surface area contributed by atoms with E-state index >= 15 is 0 Å². The first kappa shape index (κ1) is 18.9. The molecule has 0 saturated heterocycles. The Bertz CT molecular complexity index is 871. The molecule has 5 nitrogen and oxygen atoms in total. The zero-order valence-corrected chi connectivity index (χ0v) is 14.2. The third-order valence-electron chi connectivity index (χ3n) is 3.73. The first-order valence-corrected chi connectivity index (χ1v) is 9.16. The molecule has 2 unspecified atom stereocenters. The fraction of sp³-hybridized carbons (Fsp3) is 0.235. The summed E-state index contributed by atoms with van der Waals surface area (Å²) in [5, 5.41) is 7.77. The number of phenolic OH excluding ortho intramolecular Hbond substituents is 1. The molecule has 1 heterocycles. The lowest BCUT2D eigenvalue weighted by atomic mass is 10.1. The molecule has 3 rings (SSSR count). The number of sulfone groups is 1. The number of phenols is 1. The zero-order valence-electron chi connectivity index (χ0n) is 13.4. The minimum absolute atomic E-state index is 0.0369. The summed E-state index contributed by atoms with van der Waals surface area (Å²) >= 11 is 0. The largest absolute Gasteiger partial charge is 0.508 e. The molecule has 25 heavy (non-hydrogen) atoms. The van der Waals surface area contributed by atoms with E-state index in [4.69, 9.17) is 10.8 Å².